The van der Waals surface area contributed by atoms with Crippen LogP contribution < -0.4 is 5.32 Å². The highest BCUT2D eigenvalue weighted by atomic mass is 19.1. The largest absolute Gasteiger partial charge is 0.339 e. The van der Waals surface area contributed by atoms with E-state index in [4.69, 9.17) is 4.52 Å². The molecule has 0 spiro atoms. The number of benzene rings is 1. The number of nitrogens with zero attached hydrogens (tertiary/aromatic N) is 2. The number of hydrogen-bond acceptors (Lipinski definition) is 4. The Labute approximate surface area is 92.5 Å². The average Bonchev–Trinajstić information content (AvgIpc) is 2.75. The summed E-state index contributed by atoms with van der Waals surface area (Å²) in [6.45, 7) is 0.769. The van der Waals surface area contributed by atoms with Gasteiger partial charge in [-0.3, -0.25) is 0 Å². The first-order valence-electron chi connectivity index (χ1n) is 5.02. The fourth-order valence-electron chi connectivity index (χ4n) is 1.33. The summed E-state index contributed by atoms with van der Waals surface area (Å²) in [5.74, 6) is 0.665. The number of nitrogens with one attached hydrogen (secondary N) is 1. The van der Waals surface area contributed by atoms with Crippen LogP contribution in [0.1, 0.15) is 5.89 Å². The van der Waals surface area contributed by atoms with Gasteiger partial charge in [-0.1, -0.05) is 17.3 Å². The molecular formula is C11H12FN3O. The van der Waals surface area contributed by atoms with E-state index in [1.165, 1.54) is 12.1 Å². The van der Waals surface area contributed by atoms with Crippen molar-refractivity contribution in [3.63, 3.8) is 0 Å². The fraction of sp³-hybridized carbons (Fsp3) is 0.273. The van der Waals surface area contributed by atoms with Crippen LogP contribution in [0.5, 0.6) is 0 Å². The first-order chi connectivity index (χ1) is 7.79. The van der Waals surface area contributed by atoms with Crippen molar-refractivity contribution in [2.24, 2.45) is 0 Å². The monoisotopic (exact) mass is 221 g/mol. The molecule has 5 heteroatoms. The zero-order chi connectivity index (χ0) is 11.4. The summed E-state index contributed by atoms with van der Waals surface area (Å²) in [6.07, 6.45) is 0.665. The molecule has 0 bridgehead atoms. The third-order valence-electron chi connectivity index (χ3n) is 2.14. The lowest BCUT2D eigenvalue weighted by molar-refractivity contribution is 0.377. The molecule has 84 valence electrons. The molecule has 1 aromatic heterocycles. The molecule has 0 fully saturated rings. The van der Waals surface area contributed by atoms with E-state index >= 15 is 0 Å². The summed E-state index contributed by atoms with van der Waals surface area (Å²) >= 11 is 0. The molecule has 4 nitrogen and oxygen atoms in total. The van der Waals surface area contributed by atoms with E-state index in [1.807, 2.05) is 7.05 Å². The van der Waals surface area contributed by atoms with Crippen LogP contribution in [0.15, 0.2) is 28.8 Å². The van der Waals surface area contributed by atoms with E-state index in [2.05, 4.69) is 15.5 Å². The Kier molecular flexibility index (Phi) is 3.26. The second kappa shape index (κ2) is 4.85. The molecule has 2 aromatic rings. The van der Waals surface area contributed by atoms with E-state index < -0.39 is 0 Å². The van der Waals surface area contributed by atoms with Crippen molar-refractivity contribution in [1.82, 2.24) is 15.5 Å². The van der Waals surface area contributed by atoms with Crippen LogP contribution in [0.3, 0.4) is 0 Å². The smallest absolute Gasteiger partial charge is 0.228 e. The zero-order valence-corrected chi connectivity index (χ0v) is 8.90. The highest BCUT2D eigenvalue weighted by Crippen LogP contribution is 2.16. The maximum Gasteiger partial charge on any atom is 0.228 e. The minimum atomic E-state index is -0.306. The summed E-state index contributed by atoms with van der Waals surface area (Å²) in [5.41, 5.74) is 0.624. The van der Waals surface area contributed by atoms with Crippen molar-refractivity contribution in [2.75, 3.05) is 13.6 Å². The summed E-state index contributed by atoms with van der Waals surface area (Å²) in [4.78, 5) is 4.17. The van der Waals surface area contributed by atoms with Crippen molar-refractivity contribution in [1.29, 1.82) is 0 Å². The SMILES string of the molecule is CNCCc1nc(-c2cccc(F)c2)no1. The van der Waals surface area contributed by atoms with Gasteiger partial charge < -0.3 is 9.84 Å². The molecule has 0 saturated heterocycles. The maximum absolute atomic E-state index is 13.0. The topological polar surface area (TPSA) is 51.0 Å². The van der Waals surface area contributed by atoms with Crippen LogP contribution in [0.4, 0.5) is 4.39 Å². The first kappa shape index (κ1) is 10.8. The Morgan fingerprint density at radius 2 is 2.31 bits per heavy atom. The molecule has 1 aromatic carbocycles. The van der Waals surface area contributed by atoms with Crippen LogP contribution in [0.25, 0.3) is 11.4 Å². The van der Waals surface area contributed by atoms with E-state index in [-0.39, 0.29) is 5.82 Å². The van der Waals surface area contributed by atoms with Gasteiger partial charge in [-0.2, -0.15) is 4.98 Å². The van der Waals surface area contributed by atoms with Gasteiger partial charge in [0.15, 0.2) is 0 Å². The number of halogens is 1. The molecular weight excluding hydrogens is 209 g/mol. The Morgan fingerprint density at radius 1 is 1.44 bits per heavy atom. The van der Waals surface area contributed by atoms with Gasteiger partial charge in [0.05, 0.1) is 0 Å². The molecule has 0 aliphatic heterocycles. The van der Waals surface area contributed by atoms with Gasteiger partial charge >= 0.3 is 0 Å². The molecule has 16 heavy (non-hydrogen) atoms. The van der Waals surface area contributed by atoms with Crippen LogP contribution in [0, 0.1) is 5.82 Å². The van der Waals surface area contributed by atoms with Gasteiger partial charge in [-0.25, -0.2) is 4.39 Å². The second-order valence-electron chi connectivity index (χ2n) is 3.38. The van der Waals surface area contributed by atoms with Gasteiger partial charge in [0.1, 0.15) is 5.82 Å². The minimum Gasteiger partial charge on any atom is -0.339 e. The van der Waals surface area contributed by atoms with Gasteiger partial charge in [0.2, 0.25) is 11.7 Å². The Hall–Kier alpha value is -1.75. The standard InChI is InChI=1S/C11H12FN3O/c1-13-6-5-10-14-11(15-16-10)8-3-2-4-9(12)7-8/h2-4,7,13H,5-6H2,1H3. The van der Waals surface area contributed by atoms with Crippen molar-refractivity contribution in [2.45, 2.75) is 6.42 Å². The summed E-state index contributed by atoms with van der Waals surface area (Å²) in [7, 11) is 1.85. The molecule has 0 aliphatic rings. The molecule has 0 atom stereocenters. The maximum atomic E-state index is 13.0. The van der Waals surface area contributed by atoms with Crippen LogP contribution in [-0.2, 0) is 6.42 Å². The Morgan fingerprint density at radius 3 is 3.06 bits per heavy atom. The summed E-state index contributed by atoms with van der Waals surface area (Å²) in [5, 5.41) is 6.79. The second-order valence-corrected chi connectivity index (χ2v) is 3.38. The molecule has 0 radical (unpaired) electrons. The van der Waals surface area contributed by atoms with Crippen molar-refractivity contribution >= 4 is 0 Å². The lowest BCUT2D eigenvalue weighted by Gasteiger charge is -1.93. The number of likely N-dealkylation sites (N-methyl/N-ethyl adjacent to an activating group) is 1. The van der Waals surface area contributed by atoms with Gasteiger partial charge in [-0.15, -0.1) is 0 Å². The highest BCUT2D eigenvalue weighted by Gasteiger charge is 2.08. The molecule has 0 unspecified atom stereocenters. The molecule has 0 saturated carbocycles. The lowest BCUT2D eigenvalue weighted by atomic mass is 10.2. The fourth-order valence-corrected chi connectivity index (χ4v) is 1.33. The lowest BCUT2D eigenvalue weighted by Crippen LogP contribution is -2.10. The number of aromatic nitrogens is 2. The van der Waals surface area contributed by atoms with Crippen LogP contribution >= 0.6 is 0 Å². The first-order valence-corrected chi connectivity index (χ1v) is 5.02. The number of rotatable bonds is 4. The van der Waals surface area contributed by atoms with Crippen LogP contribution in [0.2, 0.25) is 0 Å². The summed E-state index contributed by atoms with van der Waals surface area (Å²) < 4.78 is 18.0. The average molecular weight is 221 g/mol. The molecule has 0 aliphatic carbocycles. The molecule has 0 amide bonds. The third-order valence-corrected chi connectivity index (χ3v) is 2.14. The third kappa shape index (κ3) is 2.43. The molecule has 1 N–H and O–H groups in total. The van der Waals surface area contributed by atoms with Crippen LogP contribution in [-0.4, -0.2) is 23.7 Å². The predicted octanol–water partition coefficient (Wildman–Crippen LogP) is 1.64. The van der Waals surface area contributed by atoms with Crippen molar-refractivity contribution in [3.8, 4) is 11.4 Å². The number of hydrogen-bond donors (Lipinski definition) is 1. The van der Waals surface area contributed by atoms with E-state index in [9.17, 15) is 4.39 Å². The molecule has 2 rings (SSSR count). The normalized spacial score (nSPS) is 10.6. The summed E-state index contributed by atoms with van der Waals surface area (Å²) in [6, 6.07) is 6.13. The Bertz CT molecular complexity index is 470. The quantitative estimate of drug-likeness (QED) is 0.852. The minimum absolute atomic E-state index is 0.306. The van der Waals surface area contributed by atoms with Crippen molar-refractivity contribution in [3.05, 3.63) is 36.0 Å². The van der Waals surface area contributed by atoms with Gasteiger partial charge in [0, 0.05) is 18.5 Å². The predicted molar refractivity (Wildman–Crippen MR) is 57.3 cm³/mol. The van der Waals surface area contributed by atoms with Gasteiger partial charge in [-0.05, 0) is 19.2 Å². The molecule has 1 heterocycles. The van der Waals surface area contributed by atoms with Crippen molar-refractivity contribution < 1.29 is 8.91 Å². The Balaban J connectivity index is 2.18. The van der Waals surface area contributed by atoms with Gasteiger partial charge in [0.25, 0.3) is 0 Å². The zero-order valence-electron chi connectivity index (χ0n) is 8.90. The van der Waals surface area contributed by atoms with E-state index in [0.717, 1.165) is 6.54 Å². The highest BCUT2D eigenvalue weighted by molar-refractivity contribution is 5.53. The van der Waals surface area contributed by atoms with E-state index in [1.54, 1.807) is 12.1 Å². The van der Waals surface area contributed by atoms with E-state index in [0.29, 0.717) is 23.7 Å².